The molecule has 1 aromatic heterocycles. The highest BCUT2D eigenvalue weighted by Gasteiger charge is 2.08. The molecule has 0 fully saturated rings. The number of carboxylic acids is 1. The third-order valence-electron chi connectivity index (χ3n) is 2.06. The number of nitrogens with zero attached hydrogens (tertiary/aromatic N) is 1. The van der Waals surface area contributed by atoms with Gasteiger partial charge in [-0.15, -0.1) is 0 Å². The van der Waals surface area contributed by atoms with E-state index in [-0.39, 0.29) is 0 Å². The second kappa shape index (κ2) is 3.86. The van der Waals surface area contributed by atoms with Crippen LogP contribution in [0.1, 0.15) is 17.3 Å². The van der Waals surface area contributed by atoms with Gasteiger partial charge in [-0.1, -0.05) is 0 Å². The van der Waals surface area contributed by atoms with Crippen molar-refractivity contribution in [2.24, 2.45) is 0 Å². The van der Waals surface area contributed by atoms with Crippen LogP contribution in [-0.4, -0.2) is 22.0 Å². The average Bonchev–Trinajstić information content (AvgIpc) is 2.61. The number of fused-ring (bicyclic) bond motifs is 1. The molecule has 15 heavy (non-hydrogen) atoms. The molecule has 0 bridgehead atoms. The van der Waals surface area contributed by atoms with Crippen LogP contribution < -0.4 is 5.32 Å². The fourth-order valence-corrected chi connectivity index (χ4v) is 2.16. The van der Waals surface area contributed by atoms with Gasteiger partial charge in [-0.25, -0.2) is 4.79 Å². The molecule has 0 aliphatic carbocycles. The number of aromatic carboxylic acids is 1. The van der Waals surface area contributed by atoms with Crippen LogP contribution in [0.4, 0.5) is 5.82 Å². The number of nitrogens with one attached hydrogen (secondary N) is 1. The predicted molar refractivity (Wildman–Crippen MR) is 60.7 cm³/mol. The molecular formula is C10H10N2O2S. The maximum absolute atomic E-state index is 10.7. The first-order chi connectivity index (χ1) is 7.22. The summed E-state index contributed by atoms with van der Waals surface area (Å²) in [4.78, 5) is 10.7. The Hall–Kier alpha value is -1.62. The Bertz CT molecular complexity index is 507. The summed E-state index contributed by atoms with van der Waals surface area (Å²) >= 11 is 1.31. The Morgan fingerprint density at radius 2 is 2.40 bits per heavy atom. The molecule has 2 rings (SSSR count). The highest BCUT2D eigenvalue weighted by atomic mass is 32.1. The molecule has 0 atom stereocenters. The van der Waals surface area contributed by atoms with Gasteiger partial charge in [0.05, 0.1) is 10.3 Å². The second-order valence-corrected chi connectivity index (χ2v) is 3.88. The minimum Gasteiger partial charge on any atom is -0.478 e. The summed E-state index contributed by atoms with van der Waals surface area (Å²) in [5.74, 6) is -0.0789. The van der Waals surface area contributed by atoms with Gasteiger partial charge in [0.2, 0.25) is 0 Å². The summed E-state index contributed by atoms with van der Waals surface area (Å²) in [5, 5.41) is 12.9. The third-order valence-corrected chi connectivity index (χ3v) is 2.87. The first kappa shape index (κ1) is 9.92. The van der Waals surface area contributed by atoms with E-state index in [0.29, 0.717) is 5.56 Å². The van der Waals surface area contributed by atoms with Crippen LogP contribution in [0.3, 0.4) is 0 Å². The molecule has 0 amide bonds. The van der Waals surface area contributed by atoms with Crippen LogP contribution in [0.15, 0.2) is 18.2 Å². The third kappa shape index (κ3) is 1.78. The molecular weight excluding hydrogens is 212 g/mol. The zero-order valence-electron chi connectivity index (χ0n) is 8.15. The van der Waals surface area contributed by atoms with E-state index in [1.165, 1.54) is 11.5 Å². The van der Waals surface area contributed by atoms with E-state index in [9.17, 15) is 4.79 Å². The summed E-state index contributed by atoms with van der Waals surface area (Å²) in [6.45, 7) is 2.80. The molecule has 0 aliphatic heterocycles. The molecule has 0 saturated heterocycles. The number of rotatable bonds is 3. The van der Waals surface area contributed by atoms with Crippen molar-refractivity contribution >= 4 is 33.4 Å². The molecule has 1 aromatic carbocycles. The summed E-state index contributed by atoms with van der Waals surface area (Å²) in [6, 6.07) is 5.04. The number of carboxylic acid groups (broad SMARTS) is 1. The van der Waals surface area contributed by atoms with E-state index in [4.69, 9.17) is 5.11 Å². The standard InChI is InChI=1S/C10H10N2O2S/c1-2-11-9-7-4-3-6(10(13)14)5-8(7)15-12-9/h3-5H,2H2,1H3,(H,11,12)(H,13,14). The fourth-order valence-electron chi connectivity index (χ4n) is 1.37. The van der Waals surface area contributed by atoms with Gasteiger partial charge in [-0.3, -0.25) is 0 Å². The molecule has 1 heterocycles. The van der Waals surface area contributed by atoms with E-state index in [0.717, 1.165) is 22.4 Å². The van der Waals surface area contributed by atoms with Gasteiger partial charge >= 0.3 is 5.97 Å². The monoisotopic (exact) mass is 222 g/mol. The number of anilines is 1. The summed E-state index contributed by atoms with van der Waals surface area (Å²) < 4.78 is 5.12. The number of aromatic nitrogens is 1. The zero-order chi connectivity index (χ0) is 10.8. The van der Waals surface area contributed by atoms with E-state index < -0.39 is 5.97 Å². The molecule has 0 radical (unpaired) electrons. The van der Waals surface area contributed by atoms with Crippen LogP contribution in [0.25, 0.3) is 10.1 Å². The lowest BCUT2D eigenvalue weighted by atomic mass is 10.2. The van der Waals surface area contributed by atoms with Crippen molar-refractivity contribution in [1.29, 1.82) is 0 Å². The number of benzene rings is 1. The molecule has 0 spiro atoms. The Morgan fingerprint density at radius 1 is 1.60 bits per heavy atom. The molecule has 5 heteroatoms. The Morgan fingerprint density at radius 3 is 3.07 bits per heavy atom. The normalized spacial score (nSPS) is 10.5. The minimum atomic E-state index is -0.907. The highest BCUT2D eigenvalue weighted by Crippen LogP contribution is 2.27. The van der Waals surface area contributed by atoms with Gasteiger partial charge in [0.25, 0.3) is 0 Å². The lowest BCUT2D eigenvalue weighted by Crippen LogP contribution is -1.97. The van der Waals surface area contributed by atoms with Crippen LogP contribution >= 0.6 is 11.5 Å². The molecule has 78 valence electrons. The van der Waals surface area contributed by atoms with Crippen molar-refractivity contribution in [1.82, 2.24) is 4.37 Å². The second-order valence-electron chi connectivity index (χ2n) is 3.08. The van der Waals surface area contributed by atoms with E-state index in [1.807, 2.05) is 6.92 Å². The van der Waals surface area contributed by atoms with Crippen molar-refractivity contribution in [3.8, 4) is 0 Å². The van der Waals surface area contributed by atoms with Gasteiger partial charge in [-0.2, -0.15) is 4.37 Å². The fraction of sp³-hybridized carbons (Fsp3) is 0.200. The topological polar surface area (TPSA) is 62.2 Å². The summed E-state index contributed by atoms with van der Waals surface area (Å²) in [5.41, 5.74) is 0.300. The number of hydrogen-bond acceptors (Lipinski definition) is 4. The quantitative estimate of drug-likeness (QED) is 0.837. The summed E-state index contributed by atoms with van der Waals surface area (Å²) in [6.07, 6.45) is 0. The van der Waals surface area contributed by atoms with E-state index in [2.05, 4.69) is 9.69 Å². The zero-order valence-corrected chi connectivity index (χ0v) is 8.97. The van der Waals surface area contributed by atoms with E-state index >= 15 is 0 Å². The van der Waals surface area contributed by atoms with E-state index in [1.54, 1.807) is 18.2 Å². The van der Waals surface area contributed by atoms with Crippen molar-refractivity contribution in [3.63, 3.8) is 0 Å². The Kier molecular flexibility index (Phi) is 2.55. The Labute approximate surface area is 90.7 Å². The van der Waals surface area contributed by atoms with Gasteiger partial charge in [0.15, 0.2) is 0 Å². The molecule has 2 N–H and O–H groups in total. The average molecular weight is 222 g/mol. The Balaban J connectivity index is 2.51. The van der Waals surface area contributed by atoms with Gasteiger partial charge in [-0.05, 0) is 36.7 Å². The predicted octanol–water partition coefficient (Wildman–Crippen LogP) is 2.43. The van der Waals surface area contributed by atoms with Crippen LogP contribution in [0.2, 0.25) is 0 Å². The maximum atomic E-state index is 10.7. The molecule has 4 nitrogen and oxygen atoms in total. The largest absolute Gasteiger partial charge is 0.478 e. The van der Waals surface area contributed by atoms with Crippen molar-refractivity contribution in [2.45, 2.75) is 6.92 Å². The molecule has 0 unspecified atom stereocenters. The smallest absolute Gasteiger partial charge is 0.335 e. The van der Waals surface area contributed by atoms with Crippen LogP contribution in [0, 0.1) is 0 Å². The maximum Gasteiger partial charge on any atom is 0.335 e. The van der Waals surface area contributed by atoms with Crippen molar-refractivity contribution < 1.29 is 9.90 Å². The molecule has 2 aromatic rings. The first-order valence-corrected chi connectivity index (χ1v) is 5.36. The lowest BCUT2D eigenvalue weighted by molar-refractivity contribution is 0.0697. The van der Waals surface area contributed by atoms with Gasteiger partial charge < -0.3 is 10.4 Å². The summed E-state index contributed by atoms with van der Waals surface area (Å²) in [7, 11) is 0. The van der Waals surface area contributed by atoms with Crippen LogP contribution in [-0.2, 0) is 0 Å². The number of carbonyl (C=O) groups is 1. The first-order valence-electron chi connectivity index (χ1n) is 4.59. The lowest BCUT2D eigenvalue weighted by Gasteiger charge is -1.98. The van der Waals surface area contributed by atoms with Crippen molar-refractivity contribution in [3.05, 3.63) is 23.8 Å². The van der Waals surface area contributed by atoms with Gasteiger partial charge in [0, 0.05) is 11.9 Å². The van der Waals surface area contributed by atoms with Crippen LogP contribution in [0.5, 0.6) is 0 Å². The van der Waals surface area contributed by atoms with Gasteiger partial charge in [0.1, 0.15) is 5.82 Å². The number of hydrogen-bond donors (Lipinski definition) is 2. The SMILES string of the molecule is CCNc1nsc2cc(C(=O)O)ccc12. The molecule has 0 aliphatic rings. The van der Waals surface area contributed by atoms with Crippen molar-refractivity contribution in [2.75, 3.05) is 11.9 Å². The molecule has 0 saturated carbocycles. The minimum absolute atomic E-state index is 0.300. The highest BCUT2D eigenvalue weighted by molar-refractivity contribution is 7.13.